The van der Waals surface area contributed by atoms with E-state index in [4.69, 9.17) is 11.6 Å². The number of benzene rings is 1. The molecule has 0 unspecified atom stereocenters. The molecule has 2 heterocycles. The van der Waals surface area contributed by atoms with Gasteiger partial charge in [0, 0.05) is 22.5 Å². The summed E-state index contributed by atoms with van der Waals surface area (Å²) in [4.78, 5) is 16.2. The van der Waals surface area contributed by atoms with Crippen LogP contribution in [0, 0.1) is 19.7 Å². The van der Waals surface area contributed by atoms with Gasteiger partial charge < -0.3 is 5.32 Å². The molecule has 0 aliphatic carbocycles. The topological polar surface area (TPSA) is 59.8 Å². The number of rotatable bonds is 4. The third-order valence-corrected chi connectivity index (χ3v) is 4.51. The summed E-state index contributed by atoms with van der Waals surface area (Å²) >= 11 is 5.81. The van der Waals surface area contributed by atoms with E-state index in [2.05, 4.69) is 15.4 Å². The molecule has 10 heteroatoms. The largest absolute Gasteiger partial charge is 0.417 e. The van der Waals surface area contributed by atoms with E-state index in [1.807, 2.05) is 0 Å². The normalized spacial score (nSPS) is 11.6. The monoisotopic (exact) mass is 426 g/mol. The van der Waals surface area contributed by atoms with Crippen LogP contribution in [-0.4, -0.2) is 20.7 Å². The number of alkyl halides is 3. The van der Waals surface area contributed by atoms with Crippen LogP contribution in [-0.2, 0) is 17.4 Å². The molecule has 5 nitrogen and oxygen atoms in total. The smallest absolute Gasteiger partial charge is 0.323 e. The van der Waals surface area contributed by atoms with Gasteiger partial charge in [0.05, 0.1) is 23.4 Å². The van der Waals surface area contributed by atoms with Gasteiger partial charge in [-0.05, 0) is 44.2 Å². The summed E-state index contributed by atoms with van der Waals surface area (Å²) in [6, 6.07) is 5.91. The third-order valence-electron chi connectivity index (χ3n) is 4.27. The Kier molecular flexibility index (Phi) is 5.61. The van der Waals surface area contributed by atoms with Crippen molar-refractivity contribution < 1.29 is 22.4 Å². The van der Waals surface area contributed by atoms with Crippen LogP contribution in [0.25, 0.3) is 5.82 Å². The van der Waals surface area contributed by atoms with E-state index in [1.54, 1.807) is 13.8 Å². The lowest BCUT2D eigenvalue weighted by atomic mass is 10.1. The maximum Gasteiger partial charge on any atom is 0.417 e. The van der Waals surface area contributed by atoms with Gasteiger partial charge in [-0.2, -0.15) is 18.3 Å². The first-order chi connectivity index (χ1) is 13.6. The van der Waals surface area contributed by atoms with Gasteiger partial charge in [-0.1, -0.05) is 11.6 Å². The van der Waals surface area contributed by atoms with E-state index in [-0.39, 0.29) is 22.9 Å². The number of nitrogens with zero attached hydrogens (tertiary/aromatic N) is 3. The van der Waals surface area contributed by atoms with E-state index in [0.717, 1.165) is 18.3 Å². The number of pyridine rings is 1. The van der Waals surface area contributed by atoms with Crippen LogP contribution < -0.4 is 5.32 Å². The molecular weight excluding hydrogens is 412 g/mol. The van der Waals surface area contributed by atoms with Crippen LogP contribution in [0.1, 0.15) is 22.5 Å². The van der Waals surface area contributed by atoms with Crippen molar-refractivity contribution in [1.29, 1.82) is 0 Å². The number of aryl methyl sites for hydroxylation is 1. The minimum Gasteiger partial charge on any atom is -0.323 e. The summed E-state index contributed by atoms with van der Waals surface area (Å²) in [6.07, 6.45) is -3.87. The first-order valence-corrected chi connectivity index (χ1v) is 8.77. The number of hydrogen-bond acceptors (Lipinski definition) is 3. The summed E-state index contributed by atoms with van der Waals surface area (Å²) in [5, 5.41) is 6.99. The van der Waals surface area contributed by atoms with Crippen molar-refractivity contribution >= 4 is 23.2 Å². The Balaban J connectivity index is 1.82. The first-order valence-electron chi connectivity index (χ1n) is 8.40. The maximum absolute atomic E-state index is 13.8. The van der Waals surface area contributed by atoms with Crippen molar-refractivity contribution in [2.75, 3.05) is 5.32 Å². The summed E-state index contributed by atoms with van der Waals surface area (Å²) in [6.45, 7) is 3.33. The Hall–Kier alpha value is -2.94. The third kappa shape index (κ3) is 4.56. The number of carbonyl (C=O) groups is 1. The lowest BCUT2D eigenvalue weighted by molar-refractivity contribution is -0.137. The molecule has 2 aromatic heterocycles. The number of halogens is 5. The van der Waals surface area contributed by atoms with Crippen molar-refractivity contribution in [3.05, 3.63) is 69.9 Å². The van der Waals surface area contributed by atoms with Gasteiger partial charge in [0.15, 0.2) is 5.82 Å². The lowest BCUT2D eigenvalue weighted by Crippen LogP contribution is -2.16. The minimum atomic E-state index is -4.49. The molecule has 0 saturated heterocycles. The van der Waals surface area contributed by atoms with E-state index in [0.29, 0.717) is 17.0 Å². The zero-order valence-electron chi connectivity index (χ0n) is 15.3. The zero-order valence-corrected chi connectivity index (χ0v) is 16.1. The number of hydrogen-bond donors (Lipinski definition) is 1. The minimum absolute atomic E-state index is 0.0467. The fourth-order valence-corrected chi connectivity index (χ4v) is 2.95. The molecule has 0 saturated carbocycles. The molecule has 1 amide bonds. The first kappa shape index (κ1) is 20.8. The molecule has 0 fully saturated rings. The van der Waals surface area contributed by atoms with Crippen LogP contribution in [0.3, 0.4) is 0 Å². The molecule has 0 spiro atoms. The molecule has 0 aliphatic heterocycles. The Labute approximate surface area is 168 Å². The highest BCUT2D eigenvalue weighted by Gasteiger charge is 2.31. The molecule has 0 bridgehead atoms. The average Bonchev–Trinajstić information content (AvgIpc) is 2.92. The number of nitrogens with one attached hydrogen (secondary N) is 1. The molecule has 3 aromatic rings. The van der Waals surface area contributed by atoms with Crippen molar-refractivity contribution in [3.63, 3.8) is 0 Å². The summed E-state index contributed by atoms with van der Waals surface area (Å²) < 4.78 is 53.3. The SMILES string of the molecule is Cc1nn(-c2ccc(C(F)(F)F)cn2)c(C)c1CC(=O)Nc1cc(Cl)ccc1F. The van der Waals surface area contributed by atoms with Crippen LogP contribution >= 0.6 is 11.6 Å². The molecule has 0 aliphatic rings. The fraction of sp³-hybridized carbons (Fsp3) is 0.211. The number of carbonyl (C=O) groups excluding carboxylic acids is 1. The maximum atomic E-state index is 13.8. The predicted molar refractivity (Wildman–Crippen MR) is 99.6 cm³/mol. The molecule has 0 atom stereocenters. The van der Waals surface area contributed by atoms with Crippen molar-refractivity contribution in [3.8, 4) is 5.82 Å². The Morgan fingerprint density at radius 3 is 2.55 bits per heavy atom. The molecule has 1 aromatic carbocycles. The van der Waals surface area contributed by atoms with E-state index >= 15 is 0 Å². The molecule has 1 N–H and O–H groups in total. The lowest BCUT2D eigenvalue weighted by Gasteiger charge is -2.09. The van der Waals surface area contributed by atoms with Crippen LogP contribution in [0.5, 0.6) is 0 Å². The van der Waals surface area contributed by atoms with Gasteiger partial charge in [0.2, 0.25) is 5.91 Å². The van der Waals surface area contributed by atoms with Crippen LogP contribution in [0.2, 0.25) is 5.02 Å². The molecular formula is C19H15ClF4N4O. The predicted octanol–water partition coefficient (Wildman–Crippen LogP) is 4.88. The Bertz CT molecular complexity index is 1060. The number of anilines is 1. The fourth-order valence-electron chi connectivity index (χ4n) is 2.78. The average molecular weight is 427 g/mol. The van der Waals surface area contributed by atoms with E-state index in [1.165, 1.54) is 22.9 Å². The van der Waals surface area contributed by atoms with Crippen molar-refractivity contribution in [1.82, 2.24) is 14.8 Å². The highest BCUT2D eigenvalue weighted by molar-refractivity contribution is 6.30. The van der Waals surface area contributed by atoms with Gasteiger partial charge in [0.1, 0.15) is 5.82 Å². The summed E-state index contributed by atoms with van der Waals surface area (Å²) in [5.74, 6) is -0.927. The van der Waals surface area contributed by atoms with Gasteiger partial charge in [-0.25, -0.2) is 14.1 Å². The summed E-state index contributed by atoms with van der Waals surface area (Å²) in [7, 11) is 0. The van der Waals surface area contributed by atoms with Gasteiger partial charge >= 0.3 is 6.18 Å². The quantitative estimate of drug-likeness (QED) is 0.605. The highest BCUT2D eigenvalue weighted by atomic mass is 35.5. The van der Waals surface area contributed by atoms with Crippen LogP contribution in [0.4, 0.5) is 23.2 Å². The molecule has 0 radical (unpaired) electrons. The van der Waals surface area contributed by atoms with Gasteiger partial charge in [0.25, 0.3) is 0 Å². The highest BCUT2D eigenvalue weighted by Crippen LogP contribution is 2.29. The summed E-state index contributed by atoms with van der Waals surface area (Å²) in [5.41, 5.74) is 0.689. The molecule has 152 valence electrons. The van der Waals surface area contributed by atoms with Crippen molar-refractivity contribution in [2.45, 2.75) is 26.4 Å². The van der Waals surface area contributed by atoms with E-state index < -0.39 is 23.5 Å². The number of amides is 1. The standard InChI is InChI=1S/C19H15ClF4N4O/c1-10-14(8-18(29)26-16-7-13(20)4-5-15(16)21)11(2)28(27-10)17-6-3-12(9-25-17)19(22,23)24/h3-7,9H,8H2,1-2H3,(H,26,29). The van der Waals surface area contributed by atoms with Gasteiger partial charge in [-0.15, -0.1) is 0 Å². The molecule has 29 heavy (non-hydrogen) atoms. The Morgan fingerprint density at radius 1 is 1.21 bits per heavy atom. The zero-order chi connectivity index (χ0) is 21.3. The van der Waals surface area contributed by atoms with Crippen molar-refractivity contribution in [2.24, 2.45) is 0 Å². The molecule has 3 rings (SSSR count). The second-order valence-electron chi connectivity index (χ2n) is 6.31. The Morgan fingerprint density at radius 2 is 1.93 bits per heavy atom. The number of aromatic nitrogens is 3. The van der Waals surface area contributed by atoms with E-state index in [9.17, 15) is 22.4 Å². The van der Waals surface area contributed by atoms with Gasteiger partial charge in [-0.3, -0.25) is 4.79 Å². The van der Waals surface area contributed by atoms with Crippen LogP contribution in [0.15, 0.2) is 36.5 Å². The second kappa shape index (κ2) is 7.82. The second-order valence-corrected chi connectivity index (χ2v) is 6.75.